The van der Waals surface area contributed by atoms with Crippen LogP contribution in [0.5, 0.6) is 5.75 Å². The predicted molar refractivity (Wildman–Crippen MR) is 120 cm³/mol. The molecule has 0 bridgehead atoms. The highest BCUT2D eigenvalue weighted by Gasteiger charge is 2.47. The molecule has 1 aliphatic heterocycles. The van der Waals surface area contributed by atoms with Gasteiger partial charge in [0, 0.05) is 22.3 Å². The van der Waals surface area contributed by atoms with E-state index in [-0.39, 0.29) is 5.91 Å². The lowest BCUT2D eigenvalue weighted by molar-refractivity contribution is 0.0930. The number of methoxy groups -OCH3 is 1. The fourth-order valence-electron chi connectivity index (χ4n) is 4.38. The number of nitrogens with one attached hydrogen (secondary N) is 1. The second-order valence-electron chi connectivity index (χ2n) is 8.73. The Morgan fingerprint density at radius 1 is 1.16 bits per heavy atom. The van der Waals surface area contributed by atoms with Crippen molar-refractivity contribution in [3.8, 4) is 5.75 Å². The molecule has 1 saturated heterocycles. The number of pyridine rings is 1. The summed E-state index contributed by atoms with van der Waals surface area (Å²) < 4.78 is 18.8. The zero-order valence-corrected chi connectivity index (χ0v) is 18.0. The van der Waals surface area contributed by atoms with Gasteiger partial charge in [-0.3, -0.25) is 9.78 Å². The average Bonchev–Trinajstić information content (AvgIpc) is 3.51. The van der Waals surface area contributed by atoms with E-state index in [1.165, 1.54) is 0 Å². The maximum Gasteiger partial charge on any atom is 0.252 e. The zero-order valence-electron chi connectivity index (χ0n) is 18.0. The number of alkyl halides is 1. The number of nitrogens with zero attached hydrogens (tertiary/aromatic N) is 2. The molecule has 6 heteroatoms. The third-order valence-electron chi connectivity index (χ3n) is 6.44. The van der Waals surface area contributed by atoms with E-state index < -0.39 is 11.7 Å². The number of aryl methyl sites for hydroxylation is 2. The SMILES string of the molecule is COc1ccc(C)c(C(=O)NC2(c3cc(N4CC(F)C4)cc4nc(C)ccc34)CC2)c1. The number of hydrogen-bond acceptors (Lipinski definition) is 4. The summed E-state index contributed by atoms with van der Waals surface area (Å²) >= 11 is 0. The first-order chi connectivity index (χ1) is 14.9. The molecular weight excluding hydrogens is 393 g/mol. The van der Waals surface area contributed by atoms with Gasteiger partial charge in [0.05, 0.1) is 31.3 Å². The van der Waals surface area contributed by atoms with E-state index in [0.29, 0.717) is 24.4 Å². The summed E-state index contributed by atoms with van der Waals surface area (Å²) in [7, 11) is 1.60. The first kappa shape index (κ1) is 19.8. The Balaban J connectivity index is 1.54. The van der Waals surface area contributed by atoms with Crippen molar-refractivity contribution in [2.45, 2.75) is 38.4 Å². The molecule has 5 rings (SSSR count). The van der Waals surface area contributed by atoms with Gasteiger partial charge in [-0.25, -0.2) is 4.39 Å². The van der Waals surface area contributed by atoms with E-state index in [0.717, 1.165) is 46.3 Å². The first-order valence-corrected chi connectivity index (χ1v) is 10.7. The Bertz CT molecular complexity index is 1180. The van der Waals surface area contributed by atoms with Gasteiger partial charge in [0.15, 0.2) is 0 Å². The summed E-state index contributed by atoms with van der Waals surface area (Å²) in [5.74, 6) is 0.548. The molecule has 5 nitrogen and oxygen atoms in total. The van der Waals surface area contributed by atoms with Crippen LogP contribution in [0.1, 0.15) is 40.0 Å². The average molecular weight is 420 g/mol. The van der Waals surface area contributed by atoms with Crippen molar-refractivity contribution < 1.29 is 13.9 Å². The van der Waals surface area contributed by atoms with E-state index >= 15 is 0 Å². The topological polar surface area (TPSA) is 54.5 Å². The van der Waals surface area contributed by atoms with Crippen LogP contribution >= 0.6 is 0 Å². The van der Waals surface area contributed by atoms with Crippen molar-refractivity contribution in [2.24, 2.45) is 0 Å². The van der Waals surface area contributed by atoms with Crippen LogP contribution in [0.2, 0.25) is 0 Å². The molecule has 1 N–H and O–H groups in total. The quantitative estimate of drug-likeness (QED) is 0.664. The summed E-state index contributed by atoms with van der Waals surface area (Å²) in [6.07, 6.45) is 0.940. The molecule has 1 aliphatic carbocycles. The van der Waals surface area contributed by atoms with E-state index in [4.69, 9.17) is 9.72 Å². The van der Waals surface area contributed by atoms with Crippen LogP contribution < -0.4 is 15.0 Å². The normalized spacial score (nSPS) is 17.4. The molecule has 0 unspecified atom stereocenters. The van der Waals surface area contributed by atoms with Crippen molar-refractivity contribution in [1.29, 1.82) is 0 Å². The molecule has 160 valence electrons. The number of benzene rings is 2. The largest absolute Gasteiger partial charge is 0.497 e. The molecule has 2 heterocycles. The number of rotatable bonds is 5. The van der Waals surface area contributed by atoms with Crippen LogP contribution in [0.4, 0.5) is 10.1 Å². The minimum absolute atomic E-state index is 0.111. The van der Waals surface area contributed by atoms with Gasteiger partial charge in [-0.15, -0.1) is 0 Å². The third kappa shape index (κ3) is 3.50. The molecule has 3 aromatic rings. The lowest BCUT2D eigenvalue weighted by Gasteiger charge is -2.37. The number of ether oxygens (including phenoxy) is 1. The molecular formula is C25H26FN3O2. The van der Waals surface area contributed by atoms with Crippen molar-refractivity contribution >= 4 is 22.5 Å². The fraction of sp³-hybridized carbons (Fsp3) is 0.360. The van der Waals surface area contributed by atoms with Crippen LogP contribution in [-0.4, -0.2) is 37.3 Å². The van der Waals surface area contributed by atoms with Gasteiger partial charge in [0.2, 0.25) is 0 Å². The summed E-state index contributed by atoms with van der Waals surface area (Å²) in [6, 6.07) is 13.7. The lowest BCUT2D eigenvalue weighted by atomic mass is 9.96. The van der Waals surface area contributed by atoms with Crippen LogP contribution in [0, 0.1) is 13.8 Å². The number of hydrogen-bond donors (Lipinski definition) is 1. The molecule has 0 spiro atoms. The lowest BCUT2D eigenvalue weighted by Crippen LogP contribution is -2.48. The Morgan fingerprint density at radius 3 is 2.61 bits per heavy atom. The third-order valence-corrected chi connectivity index (χ3v) is 6.44. The van der Waals surface area contributed by atoms with Gasteiger partial charge in [0.25, 0.3) is 5.91 Å². The van der Waals surface area contributed by atoms with Crippen molar-refractivity contribution in [1.82, 2.24) is 10.3 Å². The molecule has 2 aliphatic rings. The molecule has 31 heavy (non-hydrogen) atoms. The second kappa shape index (κ2) is 7.22. The minimum atomic E-state index is -0.782. The number of carbonyl (C=O) groups is 1. The first-order valence-electron chi connectivity index (χ1n) is 10.7. The van der Waals surface area contributed by atoms with Gasteiger partial charge in [-0.2, -0.15) is 0 Å². The van der Waals surface area contributed by atoms with Crippen LogP contribution in [0.3, 0.4) is 0 Å². The number of carbonyl (C=O) groups excluding carboxylic acids is 1. The van der Waals surface area contributed by atoms with Crippen molar-refractivity contribution in [3.05, 3.63) is 64.8 Å². The van der Waals surface area contributed by atoms with Gasteiger partial charge in [-0.05, 0) is 68.1 Å². The summed E-state index contributed by atoms with van der Waals surface area (Å²) in [5.41, 5.74) is 4.92. The van der Waals surface area contributed by atoms with E-state index in [1.54, 1.807) is 13.2 Å². The van der Waals surface area contributed by atoms with Crippen LogP contribution in [-0.2, 0) is 5.54 Å². The molecule has 0 radical (unpaired) electrons. The molecule has 2 aromatic carbocycles. The van der Waals surface area contributed by atoms with E-state index in [1.807, 2.05) is 43.0 Å². The summed E-state index contributed by atoms with van der Waals surface area (Å²) in [4.78, 5) is 20.0. The molecule has 0 atom stereocenters. The van der Waals surface area contributed by atoms with Gasteiger partial charge in [-0.1, -0.05) is 12.1 Å². The van der Waals surface area contributed by atoms with Gasteiger partial charge in [0.1, 0.15) is 11.9 Å². The zero-order chi connectivity index (χ0) is 21.8. The van der Waals surface area contributed by atoms with E-state index in [2.05, 4.69) is 17.4 Å². The predicted octanol–water partition coefficient (Wildman–Crippen LogP) is 4.44. The molecule has 2 fully saturated rings. The minimum Gasteiger partial charge on any atom is -0.497 e. The summed E-state index contributed by atoms with van der Waals surface area (Å²) in [5, 5.41) is 4.33. The Morgan fingerprint density at radius 2 is 1.94 bits per heavy atom. The number of halogens is 1. The fourth-order valence-corrected chi connectivity index (χ4v) is 4.38. The van der Waals surface area contributed by atoms with Crippen LogP contribution in [0.25, 0.3) is 10.9 Å². The number of amides is 1. The Labute approximate surface area is 181 Å². The maximum absolute atomic E-state index is 13.5. The molecule has 1 amide bonds. The Hall–Kier alpha value is -3.15. The summed E-state index contributed by atoms with van der Waals surface area (Å²) in [6.45, 7) is 4.69. The highest BCUT2D eigenvalue weighted by atomic mass is 19.1. The standard InChI is InChI=1S/C25H26FN3O2/c1-15-4-6-19(31-3)12-21(15)24(30)28-25(8-9-25)22-10-18(29-13-17(26)14-29)11-23-20(22)7-5-16(2)27-23/h4-7,10-12,17H,8-9,13-14H2,1-3H3,(H,28,30). The number of fused-ring (bicyclic) bond motifs is 1. The smallest absolute Gasteiger partial charge is 0.252 e. The number of anilines is 1. The molecule has 1 saturated carbocycles. The number of aromatic nitrogens is 1. The van der Waals surface area contributed by atoms with Crippen molar-refractivity contribution in [2.75, 3.05) is 25.1 Å². The second-order valence-corrected chi connectivity index (χ2v) is 8.73. The molecule has 1 aromatic heterocycles. The van der Waals surface area contributed by atoms with E-state index in [9.17, 15) is 9.18 Å². The van der Waals surface area contributed by atoms with Gasteiger partial charge >= 0.3 is 0 Å². The highest BCUT2D eigenvalue weighted by Crippen LogP contribution is 2.49. The monoisotopic (exact) mass is 419 g/mol. The Kier molecular flexibility index (Phi) is 4.61. The van der Waals surface area contributed by atoms with Crippen LogP contribution in [0.15, 0.2) is 42.5 Å². The van der Waals surface area contributed by atoms with Crippen molar-refractivity contribution in [3.63, 3.8) is 0 Å². The maximum atomic E-state index is 13.5. The highest BCUT2D eigenvalue weighted by molar-refractivity contribution is 5.98. The van der Waals surface area contributed by atoms with Gasteiger partial charge < -0.3 is 15.0 Å².